The van der Waals surface area contributed by atoms with Crippen molar-refractivity contribution in [2.75, 3.05) is 0 Å². The van der Waals surface area contributed by atoms with Crippen LogP contribution in [0.3, 0.4) is 0 Å². The largest absolute Gasteiger partial charge is 0.301 e. The molecule has 0 rings (SSSR count). The van der Waals surface area contributed by atoms with Gasteiger partial charge < -0.3 is 4.79 Å². The Morgan fingerprint density at radius 1 is 1.40 bits per heavy atom. The van der Waals surface area contributed by atoms with E-state index in [1.54, 1.807) is 0 Å². The molecule has 0 radical (unpaired) electrons. The third-order valence-electron chi connectivity index (χ3n) is 0.955. The summed E-state index contributed by atoms with van der Waals surface area (Å²) in [5, 5.41) is 0.574. The molecule has 0 saturated heterocycles. The first-order valence-corrected chi connectivity index (χ1v) is 4.60. The molecular weight excluding hydrogens is 142 g/mol. The number of carbonyl (C=O) groups is 1. The predicted octanol–water partition coefficient (Wildman–Crippen LogP) is 1.89. The molecule has 0 aliphatic rings. The fourth-order valence-electron chi connectivity index (χ4n) is 0.399. The molecular formula is C6H14B2OS. The summed E-state index contributed by atoms with van der Waals surface area (Å²) in [5.74, 6) is 0. The minimum absolute atomic E-state index is 0.273. The molecule has 0 spiro atoms. The summed E-state index contributed by atoms with van der Waals surface area (Å²) < 4.78 is 0. The van der Waals surface area contributed by atoms with Gasteiger partial charge in [-0.2, -0.15) is 11.6 Å². The van der Waals surface area contributed by atoms with Gasteiger partial charge in [0.05, 0.1) is 0 Å². The minimum atomic E-state index is 0.273. The summed E-state index contributed by atoms with van der Waals surface area (Å²) in [6.45, 7) is 9.26. The number of rotatable bonds is 2. The van der Waals surface area contributed by atoms with Crippen LogP contribution >= 0.6 is 11.6 Å². The molecule has 1 nitrogen and oxygen atoms in total. The lowest BCUT2D eigenvalue weighted by molar-refractivity contribution is 0.275. The van der Waals surface area contributed by atoms with Gasteiger partial charge in [0, 0.05) is 0 Å². The summed E-state index contributed by atoms with van der Waals surface area (Å²) in [6.07, 6.45) is 0. The smallest absolute Gasteiger partial charge is 0.215 e. The Morgan fingerprint density at radius 3 is 2.20 bits per heavy atom. The van der Waals surface area contributed by atoms with Crippen molar-refractivity contribution in [2.24, 2.45) is 0 Å². The zero-order valence-electron chi connectivity index (χ0n) is 7.23. The van der Waals surface area contributed by atoms with E-state index in [2.05, 4.69) is 20.8 Å². The lowest BCUT2D eigenvalue weighted by Gasteiger charge is -2.14. The van der Waals surface area contributed by atoms with Gasteiger partial charge in [0.25, 0.3) is 0 Å². The van der Waals surface area contributed by atoms with Crippen molar-refractivity contribution in [3.63, 3.8) is 0 Å². The summed E-state index contributed by atoms with van der Waals surface area (Å²) in [5.41, 5.74) is 0. The van der Waals surface area contributed by atoms with Gasteiger partial charge in [-0.15, -0.1) is 0 Å². The molecule has 10 heavy (non-hydrogen) atoms. The summed E-state index contributed by atoms with van der Waals surface area (Å²) >= 11 is 1.44. The molecule has 0 aliphatic carbocycles. The van der Waals surface area contributed by atoms with E-state index in [0.29, 0.717) is 12.3 Å². The van der Waals surface area contributed by atoms with Gasteiger partial charge in [0.1, 0.15) is 5.01 Å². The van der Waals surface area contributed by atoms with Gasteiger partial charge in [-0.1, -0.05) is 32.9 Å². The van der Waals surface area contributed by atoms with Crippen molar-refractivity contribution in [1.29, 1.82) is 0 Å². The lowest BCUT2D eigenvalue weighted by atomic mass is 9.73. The van der Waals surface area contributed by atoms with E-state index in [9.17, 15) is 4.79 Å². The van der Waals surface area contributed by atoms with Crippen LogP contribution in [-0.4, -0.2) is 18.9 Å². The van der Waals surface area contributed by atoms with Crippen molar-refractivity contribution in [1.82, 2.24) is 0 Å². The highest BCUT2D eigenvalue weighted by Gasteiger charge is 2.14. The molecule has 0 atom stereocenters. The predicted molar refractivity (Wildman–Crippen MR) is 52.9 cm³/mol. The second-order valence-electron chi connectivity index (χ2n) is 3.57. The Bertz CT molecular complexity index is 119. The topological polar surface area (TPSA) is 17.1 Å². The minimum Gasteiger partial charge on any atom is -0.301 e. The maximum atomic E-state index is 10.8. The van der Waals surface area contributed by atoms with E-state index in [4.69, 9.17) is 0 Å². The van der Waals surface area contributed by atoms with Gasteiger partial charge in [-0.3, -0.25) is 0 Å². The monoisotopic (exact) mass is 156 g/mol. The number of carbonyl (C=O) groups excluding carboxylic acids is 1. The van der Waals surface area contributed by atoms with Gasteiger partial charge in [0.2, 0.25) is 13.8 Å². The Labute approximate surface area is 68.7 Å². The number of hydrogen-bond acceptors (Lipinski definition) is 2. The van der Waals surface area contributed by atoms with E-state index in [-0.39, 0.29) is 5.31 Å². The van der Waals surface area contributed by atoms with Crippen LogP contribution in [0, 0.1) is 0 Å². The third kappa shape index (κ3) is 6.27. The van der Waals surface area contributed by atoms with Crippen LogP contribution in [0.1, 0.15) is 20.8 Å². The Morgan fingerprint density at radius 2 is 1.90 bits per heavy atom. The summed E-state index contributed by atoms with van der Waals surface area (Å²) in [4.78, 5) is 10.8. The maximum Gasteiger partial charge on any atom is 0.215 e. The average Bonchev–Trinajstić information content (AvgIpc) is 1.81. The van der Waals surface area contributed by atoms with E-state index in [0.717, 1.165) is 6.56 Å². The van der Waals surface area contributed by atoms with Crippen LogP contribution in [0.2, 0.25) is 12.1 Å². The van der Waals surface area contributed by atoms with E-state index in [1.165, 1.54) is 11.6 Å². The second-order valence-corrected chi connectivity index (χ2v) is 4.61. The quantitative estimate of drug-likeness (QED) is 0.567. The zero-order chi connectivity index (χ0) is 8.20. The SMILES string of the molecule is CBC(=O)SBC(C)(C)C. The van der Waals surface area contributed by atoms with Crippen LogP contribution in [0.25, 0.3) is 0 Å². The molecule has 0 unspecified atom stereocenters. The first-order valence-electron chi connectivity index (χ1n) is 3.61. The van der Waals surface area contributed by atoms with E-state index < -0.39 is 0 Å². The van der Waals surface area contributed by atoms with Crippen LogP contribution in [0.15, 0.2) is 0 Å². The van der Waals surface area contributed by atoms with Crippen LogP contribution in [0.5, 0.6) is 0 Å². The fourth-order valence-corrected chi connectivity index (χ4v) is 1.20. The fraction of sp³-hybridized carbons (Fsp3) is 0.833. The molecule has 0 saturated carbocycles. The Balaban J connectivity index is 3.46. The molecule has 0 heterocycles. The Kier molecular flexibility index (Phi) is 4.18. The van der Waals surface area contributed by atoms with Gasteiger partial charge >= 0.3 is 0 Å². The highest BCUT2D eigenvalue weighted by atomic mass is 32.2. The molecule has 0 aliphatic heterocycles. The van der Waals surface area contributed by atoms with E-state index >= 15 is 0 Å². The zero-order valence-corrected chi connectivity index (χ0v) is 8.05. The molecule has 4 heteroatoms. The van der Waals surface area contributed by atoms with Crippen LogP contribution < -0.4 is 0 Å². The van der Waals surface area contributed by atoms with Gasteiger partial charge in [-0.05, 0) is 0 Å². The second kappa shape index (κ2) is 4.12. The first kappa shape index (κ1) is 10.1. The highest BCUT2D eigenvalue weighted by Crippen LogP contribution is 2.25. The first-order chi connectivity index (χ1) is 4.45. The van der Waals surface area contributed by atoms with Crippen LogP contribution in [0.4, 0.5) is 4.79 Å². The van der Waals surface area contributed by atoms with Crippen molar-refractivity contribution in [2.45, 2.75) is 32.9 Å². The molecule has 0 N–H and O–H groups in total. The molecule has 0 aromatic rings. The van der Waals surface area contributed by atoms with Crippen molar-refractivity contribution in [3.8, 4) is 0 Å². The van der Waals surface area contributed by atoms with Gasteiger partial charge in [0.15, 0.2) is 0 Å². The molecule has 56 valence electrons. The summed E-state index contributed by atoms with van der Waals surface area (Å²) in [6, 6.07) is 0. The van der Waals surface area contributed by atoms with Crippen molar-refractivity contribution < 1.29 is 4.79 Å². The van der Waals surface area contributed by atoms with Crippen molar-refractivity contribution in [3.05, 3.63) is 0 Å². The molecule has 0 aromatic heterocycles. The molecule has 0 fully saturated rings. The van der Waals surface area contributed by atoms with Crippen LogP contribution in [-0.2, 0) is 0 Å². The average molecular weight is 156 g/mol. The number of hydrogen-bond donors (Lipinski definition) is 0. The highest BCUT2D eigenvalue weighted by molar-refractivity contribution is 8.36. The van der Waals surface area contributed by atoms with E-state index in [1.807, 2.05) is 6.82 Å². The molecule has 0 bridgehead atoms. The lowest BCUT2D eigenvalue weighted by Crippen LogP contribution is -2.08. The third-order valence-corrected chi connectivity index (χ3v) is 2.58. The maximum absolute atomic E-state index is 10.8. The Hall–Kier alpha value is 0.150. The van der Waals surface area contributed by atoms with Gasteiger partial charge in [-0.25, -0.2) is 0 Å². The summed E-state index contributed by atoms with van der Waals surface area (Å²) in [7, 11) is 0.654. The normalized spacial score (nSPS) is 10.8. The molecule has 0 aromatic carbocycles. The van der Waals surface area contributed by atoms with Crippen molar-refractivity contribution >= 4 is 30.5 Å². The standard InChI is InChI=1S/C6H14B2OS/c1-6(2,3)8-10-5(9)7-4/h7-8H,1-4H3. The molecule has 0 amide bonds.